The number of hydrogen-bond donors (Lipinski definition) is 1. The zero-order chi connectivity index (χ0) is 23.7. The molecule has 1 nitrogen and oxygen atoms in total. The molecule has 1 heteroatoms. The van der Waals surface area contributed by atoms with Gasteiger partial charge in [0.15, 0.2) is 0 Å². The molecule has 0 aromatic carbocycles. The maximum Gasteiger partial charge on any atom is 0.0594 e. The summed E-state index contributed by atoms with van der Waals surface area (Å²) in [5, 5.41) is 10.8. The molecule has 9 atom stereocenters. The standard InChI is InChI=1S/C31H54O/c1-20(2)21(3)10-11-22(4)23-14-18-31(9)25-12-13-26-28(5,6)27(32)16-17-29(26,7)24(25)15-19-30(23,31)8/h20,22-27,32H,3,10-19H2,1-2,4-9H3/t22-,23-,24-,25+,26-,27+,29-,30-,31+/m1/s1. The van der Waals surface area contributed by atoms with Crippen LogP contribution in [-0.4, -0.2) is 11.2 Å². The fourth-order valence-corrected chi connectivity index (χ4v) is 10.4. The molecule has 4 saturated carbocycles. The first-order valence-corrected chi connectivity index (χ1v) is 14.1. The molecule has 4 rings (SSSR count). The van der Waals surface area contributed by atoms with Crippen LogP contribution in [0.2, 0.25) is 0 Å². The molecule has 32 heavy (non-hydrogen) atoms. The minimum absolute atomic E-state index is 0.0746. The molecule has 1 N–H and O–H groups in total. The molecule has 0 bridgehead atoms. The summed E-state index contributed by atoms with van der Waals surface area (Å²) in [6.07, 6.45) is 13.2. The van der Waals surface area contributed by atoms with E-state index in [0.717, 1.165) is 30.1 Å². The highest BCUT2D eigenvalue weighted by molar-refractivity contribution is 5.16. The van der Waals surface area contributed by atoms with Crippen LogP contribution >= 0.6 is 0 Å². The number of aliphatic hydroxyl groups excluding tert-OH is 1. The summed E-state index contributed by atoms with van der Waals surface area (Å²) in [6, 6.07) is 0. The van der Waals surface area contributed by atoms with E-state index in [0.29, 0.717) is 28.1 Å². The van der Waals surface area contributed by atoms with E-state index in [1.54, 1.807) is 0 Å². The van der Waals surface area contributed by atoms with Crippen molar-refractivity contribution in [2.45, 2.75) is 126 Å². The van der Waals surface area contributed by atoms with Crippen LogP contribution in [0.15, 0.2) is 12.2 Å². The lowest BCUT2D eigenvalue weighted by Crippen LogP contribution is -2.61. The Morgan fingerprint density at radius 1 is 0.844 bits per heavy atom. The number of aliphatic hydroxyl groups is 1. The van der Waals surface area contributed by atoms with E-state index in [1.165, 1.54) is 63.4 Å². The van der Waals surface area contributed by atoms with Crippen LogP contribution in [0.5, 0.6) is 0 Å². The Morgan fingerprint density at radius 2 is 1.50 bits per heavy atom. The van der Waals surface area contributed by atoms with Gasteiger partial charge in [-0.2, -0.15) is 0 Å². The number of rotatable bonds is 5. The maximum atomic E-state index is 10.8. The van der Waals surface area contributed by atoms with Gasteiger partial charge < -0.3 is 5.11 Å². The largest absolute Gasteiger partial charge is 0.393 e. The molecule has 4 aliphatic rings. The highest BCUT2D eigenvalue weighted by Crippen LogP contribution is 2.74. The van der Waals surface area contributed by atoms with Gasteiger partial charge in [-0.3, -0.25) is 0 Å². The van der Waals surface area contributed by atoms with Crippen molar-refractivity contribution in [1.82, 2.24) is 0 Å². The van der Waals surface area contributed by atoms with Gasteiger partial charge >= 0.3 is 0 Å². The quantitative estimate of drug-likeness (QED) is 0.422. The van der Waals surface area contributed by atoms with E-state index in [4.69, 9.17) is 0 Å². The molecule has 0 radical (unpaired) electrons. The molecule has 0 unspecified atom stereocenters. The van der Waals surface area contributed by atoms with Gasteiger partial charge in [0, 0.05) is 0 Å². The molecule has 0 aromatic heterocycles. The zero-order valence-electron chi connectivity index (χ0n) is 22.8. The predicted molar refractivity (Wildman–Crippen MR) is 137 cm³/mol. The minimum Gasteiger partial charge on any atom is -0.393 e. The highest BCUT2D eigenvalue weighted by atomic mass is 16.3. The molecule has 0 aliphatic heterocycles. The van der Waals surface area contributed by atoms with Crippen molar-refractivity contribution in [3.8, 4) is 0 Å². The normalized spacial score (nSPS) is 48.6. The molecular weight excluding hydrogens is 388 g/mol. The molecule has 0 amide bonds. The smallest absolute Gasteiger partial charge is 0.0594 e. The lowest BCUT2D eigenvalue weighted by Gasteiger charge is -2.67. The van der Waals surface area contributed by atoms with Crippen molar-refractivity contribution in [3.05, 3.63) is 12.2 Å². The van der Waals surface area contributed by atoms with Crippen LogP contribution in [0, 0.1) is 57.2 Å². The van der Waals surface area contributed by atoms with E-state index < -0.39 is 0 Å². The monoisotopic (exact) mass is 442 g/mol. The second kappa shape index (κ2) is 8.13. The molecule has 0 saturated heterocycles. The SMILES string of the molecule is C=C(CC[C@@H](C)[C@H]1CC[C@@]2(C)[C@H]3CC[C@@H]4C(C)(C)[C@@H](O)CC[C@]4(C)[C@@H]3CC[C@]12C)C(C)C. The molecule has 0 spiro atoms. The second-order valence-electron chi connectivity index (χ2n) is 14.6. The van der Waals surface area contributed by atoms with Gasteiger partial charge in [0.2, 0.25) is 0 Å². The summed E-state index contributed by atoms with van der Waals surface area (Å²) in [6.45, 7) is 24.3. The lowest BCUT2D eigenvalue weighted by molar-refractivity contribution is -0.200. The summed E-state index contributed by atoms with van der Waals surface area (Å²) in [4.78, 5) is 0. The van der Waals surface area contributed by atoms with E-state index in [2.05, 4.69) is 62.0 Å². The Balaban J connectivity index is 1.56. The first kappa shape index (κ1) is 24.8. The third-order valence-electron chi connectivity index (χ3n) is 12.9. The van der Waals surface area contributed by atoms with Crippen LogP contribution in [-0.2, 0) is 0 Å². The van der Waals surface area contributed by atoms with Crippen LogP contribution in [0.1, 0.15) is 120 Å². The van der Waals surface area contributed by atoms with E-state index in [-0.39, 0.29) is 11.5 Å². The van der Waals surface area contributed by atoms with Crippen molar-refractivity contribution < 1.29 is 5.11 Å². The third-order valence-corrected chi connectivity index (χ3v) is 12.9. The molecule has 4 fully saturated rings. The molecule has 0 aromatic rings. The molecular formula is C31H54O. The van der Waals surface area contributed by atoms with Gasteiger partial charge in [-0.1, -0.05) is 67.5 Å². The van der Waals surface area contributed by atoms with Crippen molar-refractivity contribution in [2.75, 3.05) is 0 Å². The van der Waals surface area contributed by atoms with Crippen LogP contribution in [0.25, 0.3) is 0 Å². The van der Waals surface area contributed by atoms with Gasteiger partial charge in [-0.05, 0) is 121 Å². The predicted octanol–water partition coefficient (Wildman–Crippen LogP) is 8.66. The van der Waals surface area contributed by atoms with Gasteiger partial charge in [-0.15, -0.1) is 0 Å². The third kappa shape index (κ3) is 3.41. The van der Waals surface area contributed by atoms with Crippen molar-refractivity contribution in [3.63, 3.8) is 0 Å². The number of allylic oxidation sites excluding steroid dienone is 1. The Labute approximate surface area is 200 Å². The first-order chi connectivity index (χ1) is 14.8. The molecule has 0 heterocycles. The van der Waals surface area contributed by atoms with Gasteiger partial charge in [-0.25, -0.2) is 0 Å². The highest BCUT2D eigenvalue weighted by Gasteiger charge is 2.67. The lowest BCUT2D eigenvalue weighted by atomic mass is 9.38. The number of fused-ring (bicyclic) bond motifs is 5. The summed E-state index contributed by atoms with van der Waals surface area (Å²) in [5.74, 6) is 4.74. The fraction of sp³-hybridized carbons (Fsp3) is 0.935. The summed E-state index contributed by atoms with van der Waals surface area (Å²) in [5.41, 5.74) is 2.94. The van der Waals surface area contributed by atoms with E-state index >= 15 is 0 Å². The van der Waals surface area contributed by atoms with Crippen molar-refractivity contribution in [2.24, 2.45) is 57.2 Å². The van der Waals surface area contributed by atoms with Gasteiger partial charge in [0.05, 0.1) is 6.10 Å². The van der Waals surface area contributed by atoms with Gasteiger partial charge in [0.25, 0.3) is 0 Å². The average Bonchev–Trinajstić information content (AvgIpc) is 3.00. The van der Waals surface area contributed by atoms with Crippen LogP contribution in [0.3, 0.4) is 0 Å². The van der Waals surface area contributed by atoms with E-state index in [9.17, 15) is 5.11 Å². The minimum atomic E-state index is -0.112. The number of hydrogen-bond acceptors (Lipinski definition) is 1. The summed E-state index contributed by atoms with van der Waals surface area (Å²) >= 11 is 0. The topological polar surface area (TPSA) is 20.2 Å². The molecule has 184 valence electrons. The summed E-state index contributed by atoms with van der Waals surface area (Å²) < 4.78 is 0. The van der Waals surface area contributed by atoms with E-state index in [1.807, 2.05) is 0 Å². The average molecular weight is 443 g/mol. The zero-order valence-corrected chi connectivity index (χ0v) is 22.8. The second-order valence-corrected chi connectivity index (χ2v) is 14.6. The first-order valence-electron chi connectivity index (χ1n) is 14.1. The maximum absolute atomic E-state index is 10.8. The molecule has 4 aliphatic carbocycles. The summed E-state index contributed by atoms with van der Waals surface area (Å²) in [7, 11) is 0. The van der Waals surface area contributed by atoms with Crippen molar-refractivity contribution in [1.29, 1.82) is 0 Å². The Hall–Kier alpha value is -0.300. The Kier molecular flexibility index (Phi) is 6.31. The van der Waals surface area contributed by atoms with Crippen LogP contribution < -0.4 is 0 Å². The van der Waals surface area contributed by atoms with Crippen LogP contribution in [0.4, 0.5) is 0 Å². The van der Waals surface area contributed by atoms with Crippen molar-refractivity contribution >= 4 is 0 Å². The Bertz CT molecular complexity index is 720. The Morgan fingerprint density at radius 3 is 2.16 bits per heavy atom. The van der Waals surface area contributed by atoms with Gasteiger partial charge in [0.1, 0.15) is 0 Å². The fourth-order valence-electron chi connectivity index (χ4n) is 10.4.